The van der Waals surface area contributed by atoms with Gasteiger partial charge in [-0.3, -0.25) is 4.79 Å². The number of halogens is 1. The second-order valence-electron chi connectivity index (χ2n) is 7.35. The molecule has 0 radical (unpaired) electrons. The van der Waals surface area contributed by atoms with Gasteiger partial charge in [0.05, 0.1) is 28.4 Å². The molecule has 0 bridgehead atoms. The fourth-order valence-corrected chi connectivity index (χ4v) is 4.10. The fourth-order valence-electron chi connectivity index (χ4n) is 3.83. The maximum absolute atomic E-state index is 13.4. The first-order chi connectivity index (χ1) is 15.9. The van der Waals surface area contributed by atoms with Crippen LogP contribution in [0.2, 0.25) is 0 Å². The van der Waals surface area contributed by atoms with Gasteiger partial charge in [0, 0.05) is 32.6 Å². The number of hydrogen-bond acceptors (Lipinski definition) is 6. The number of carbonyl (C=O) groups is 1. The zero-order chi connectivity index (χ0) is 23.7. The van der Waals surface area contributed by atoms with Gasteiger partial charge in [0.15, 0.2) is 17.3 Å². The summed E-state index contributed by atoms with van der Waals surface area (Å²) < 4.78 is 28.8. The van der Waals surface area contributed by atoms with E-state index in [0.717, 1.165) is 26.5 Å². The molecular formula is C26H23BrO6. The first-order valence-electron chi connectivity index (χ1n) is 10.1. The Balaban J connectivity index is 1.85. The monoisotopic (exact) mass is 510 g/mol. The van der Waals surface area contributed by atoms with Crippen LogP contribution in [0.4, 0.5) is 0 Å². The highest BCUT2D eigenvalue weighted by Crippen LogP contribution is 2.41. The van der Waals surface area contributed by atoms with Crippen LogP contribution >= 0.6 is 15.9 Å². The van der Waals surface area contributed by atoms with E-state index < -0.39 is 0 Å². The number of methoxy groups -OCH3 is 4. The molecule has 0 atom stereocenters. The number of aryl methyl sites for hydroxylation is 1. The van der Waals surface area contributed by atoms with E-state index in [1.807, 2.05) is 43.3 Å². The van der Waals surface area contributed by atoms with Gasteiger partial charge in [0.25, 0.3) is 0 Å². The van der Waals surface area contributed by atoms with E-state index in [2.05, 4.69) is 15.9 Å². The second kappa shape index (κ2) is 9.19. The number of benzene rings is 3. The van der Waals surface area contributed by atoms with Crippen molar-refractivity contribution >= 4 is 32.7 Å². The highest BCUT2D eigenvalue weighted by molar-refractivity contribution is 9.10. The topological polar surface area (TPSA) is 67.1 Å². The van der Waals surface area contributed by atoms with E-state index in [9.17, 15) is 4.79 Å². The maximum atomic E-state index is 13.4. The molecule has 4 rings (SSSR count). The summed E-state index contributed by atoms with van der Waals surface area (Å²) >= 11 is 3.47. The predicted molar refractivity (Wildman–Crippen MR) is 130 cm³/mol. The van der Waals surface area contributed by atoms with Gasteiger partial charge in [0.2, 0.25) is 11.5 Å². The van der Waals surface area contributed by atoms with Crippen LogP contribution in [-0.2, 0) is 0 Å². The van der Waals surface area contributed by atoms with Crippen LogP contribution in [0.15, 0.2) is 57.4 Å². The average molecular weight is 511 g/mol. The van der Waals surface area contributed by atoms with E-state index in [1.165, 1.54) is 21.3 Å². The van der Waals surface area contributed by atoms with E-state index >= 15 is 0 Å². The van der Waals surface area contributed by atoms with Crippen molar-refractivity contribution in [1.82, 2.24) is 0 Å². The second-order valence-corrected chi connectivity index (χ2v) is 8.27. The van der Waals surface area contributed by atoms with E-state index in [0.29, 0.717) is 34.1 Å². The molecule has 1 aromatic heterocycles. The van der Waals surface area contributed by atoms with Gasteiger partial charge in [-0.2, -0.15) is 0 Å². The summed E-state index contributed by atoms with van der Waals surface area (Å²) in [6.07, 6.45) is 0. The molecule has 1 heterocycles. The molecule has 0 spiro atoms. The summed E-state index contributed by atoms with van der Waals surface area (Å²) in [6.45, 7) is 1.87. The molecule has 0 saturated heterocycles. The molecule has 170 valence electrons. The Morgan fingerprint density at radius 1 is 0.818 bits per heavy atom. The minimum atomic E-state index is -0.285. The van der Waals surface area contributed by atoms with Crippen LogP contribution < -0.4 is 18.9 Å². The van der Waals surface area contributed by atoms with Crippen molar-refractivity contribution < 1.29 is 28.2 Å². The van der Waals surface area contributed by atoms with Crippen molar-refractivity contribution in [3.8, 4) is 34.1 Å². The third-order valence-corrected chi connectivity index (χ3v) is 6.08. The van der Waals surface area contributed by atoms with Crippen LogP contribution in [-0.4, -0.2) is 34.2 Å². The standard InChI is InChI=1S/C26H23BrO6/c1-14-18-12-19(15-6-8-17(27)9-7-15)20(29-2)13-21(18)33-25(14)24(28)16-10-22(30-3)26(32-5)23(11-16)31-4/h6-13H,1-5H3. The molecule has 0 fully saturated rings. The number of ketones is 1. The largest absolute Gasteiger partial charge is 0.496 e. The molecule has 3 aromatic carbocycles. The van der Waals surface area contributed by atoms with Gasteiger partial charge in [-0.15, -0.1) is 0 Å². The number of carbonyl (C=O) groups excluding carboxylic acids is 1. The minimum Gasteiger partial charge on any atom is -0.496 e. The molecule has 0 aliphatic rings. The van der Waals surface area contributed by atoms with E-state index in [1.54, 1.807) is 19.2 Å². The number of hydrogen-bond donors (Lipinski definition) is 0. The smallest absolute Gasteiger partial charge is 0.228 e. The third-order valence-electron chi connectivity index (χ3n) is 5.55. The van der Waals surface area contributed by atoms with Gasteiger partial charge < -0.3 is 23.4 Å². The maximum Gasteiger partial charge on any atom is 0.228 e. The van der Waals surface area contributed by atoms with Crippen LogP contribution in [0.5, 0.6) is 23.0 Å². The molecule has 7 heteroatoms. The Labute approximate surface area is 200 Å². The van der Waals surface area contributed by atoms with Gasteiger partial charge >= 0.3 is 0 Å². The number of ether oxygens (including phenoxy) is 4. The number of fused-ring (bicyclic) bond motifs is 1. The summed E-state index contributed by atoms with van der Waals surface area (Å²) in [5.41, 5.74) is 3.58. The molecule has 33 heavy (non-hydrogen) atoms. The van der Waals surface area contributed by atoms with Crippen molar-refractivity contribution in [3.05, 3.63) is 69.9 Å². The minimum absolute atomic E-state index is 0.245. The van der Waals surface area contributed by atoms with Crippen molar-refractivity contribution in [2.24, 2.45) is 0 Å². The molecule has 0 saturated carbocycles. The normalized spacial score (nSPS) is 10.8. The Morgan fingerprint density at radius 2 is 1.42 bits per heavy atom. The first kappa shape index (κ1) is 22.7. The third kappa shape index (κ3) is 4.04. The Kier molecular flexibility index (Phi) is 6.33. The Hall–Kier alpha value is -3.45. The molecule has 0 unspecified atom stereocenters. The molecule has 4 aromatic rings. The van der Waals surface area contributed by atoms with Gasteiger partial charge in [-0.05, 0) is 42.8 Å². The van der Waals surface area contributed by atoms with E-state index in [-0.39, 0.29) is 11.5 Å². The molecular weight excluding hydrogens is 488 g/mol. The fraction of sp³-hybridized carbons (Fsp3) is 0.192. The van der Waals surface area contributed by atoms with Gasteiger partial charge in [-0.25, -0.2) is 0 Å². The lowest BCUT2D eigenvalue weighted by molar-refractivity contribution is 0.101. The summed E-state index contributed by atoms with van der Waals surface area (Å²) in [7, 11) is 6.14. The van der Waals surface area contributed by atoms with Crippen LogP contribution in [0.25, 0.3) is 22.1 Å². The van der Waals surface area contributed by atoms with Crippen molar-refractivity contribution in [2.75, 3.05) is 28.4 Å². The lowest BCUT2D eigenvalue weighted by Crippen LogP contribution is -2.04. The molecule has 0 aliphatic heterocycles. The average Bonchev–Trinajstić information content (AvgIpc) is 3.17. The lowest BCUT2D eigenvalue weighted by Gasteiger charge is -2.13. The molecule has 0 amide bonds. The zero-order valence-electron chi connectivity index (χ0n) is 18.9. The number of furan rings is 1. The summed E-state index contributed by atoms with van der Waals surface area (Å²) in [5, 5.41) is 0.838. The van der Waals surface area contributed by atoms with Crippen molar-refractivity contribution in [1.29, 1.82) is 0 Å². The summed E-state index contributed by atoms with van der Waals surface area (Å²) in [4.78, 5) is 13.4. The highest BCUT2D eigenvalue weighted by atomic mass is 79.9. The van der Waals surface area contributed by atoms with Crippen molar-refractivity contribution in [2.45, 2.75) is 6.92 Å². The predicted octanol–water partition coefficient (Wildman–Crippen LogP) is 6.44. The SMILES string of the molecule is COc1cc2oc(C(=O)c3cc(OC)c(OC)c(OC)c3)c(C)c2cc1-c1ccc(Br)cc1. The molecule has 0 N–H and O–H groups in total. The van der Waals surface area contributed by atoms with Gasteiger partial charge in [-0.1, -0.05) is 28.1 Å². The van der Waals surface area contributed by atoms with E-state index in [4.69, 9.17) is 23.4 Å². The summed E-state index contributed by atoms with van der Waals surface area (Å²) in [5.74, 6) is 1.83. The van der Waals surface area contributed by atoms with Gasteiger partial charge in [0.1, 0.15) is 11.3 Å². The lowest BCUT2D eigenvalue weighted by atomic mass is 9.99. The quantitative estimate of drug-likeness (QED) is 0.266. The highest BCUT2D eigenvalue weighted by Gasteiger charge is 2.24. The summed E-state index contributed by atoms with van der Waals surface area (Å²) in [6, 6.07) is 15.0. The Bertz CT molecular complexity index is 1310. The van der Waals surface area contributed by atoms with Crippen LogP contribution in [0, 0.1) is 6.92 Å². The first-order valence-corrected chi connectivity index (χ1v) is 10.9. The van der Waals surface area contributed by atoms with Crippen molar-refractivity contribution in [3.63, 3.8) is 0 Å². The number of rotatable bonds is 7. The Morgan fingerprint density at radius 3 is 1.97 bits per heavy atom. The molecule has 6 nitrogen and oxygen atoms in total. The van der Waals surface area contributed by atoms with Crippen LogP contribution in [0.3, 0.4) is 0 Å². The molecule has 0 aliphatic carbocycles. The zero-order valence-corrected chi connectivity index (χ0v) is 20.5. The van der Waals surface area contributed by atoms with Crippen LogP contribution in [0.1, 0.15) is 21.7 Å².